The summed E-state index contributed by atoms with van der Waals surface area (Å²) < 4.78 is 5.08. The van der Waals surface area contributed by atoms with Crippen LogP contribution in [-0.2, 0) is 4.74 Å². The highest BCUT2D eigenvalue weighted by atomic mass is 16.6. The Morgan fingerprint density at radius 2 is 2.00 bits per heavy atom. The highest BCUT2D eigenvalue weighted by Crippen LogP contribution is 1.99. The van der Waals surface area contributed by atoms with Gasteiger partial charge in [-0.1, -0.05) is 26.7 Å². The average molecular weight is 146 g/mol. The fraction of sp³-hybridized carbons (Fsp3) is 1.00. The molecule has 1 unspecified atom stereocenters. The van der Waals surface area contributed by atoms with Crippen LogP contribution < -0.4 is 0 Å². The Balaban J connectivity index is 2.97. The lowest BCUT2D eigenvalue weighted by atomic mass is 10.3. The van der Waals surface area contributed by atoms with E-state index in [0.717, 1.165) is 25.7 Å². The van der Waals surface area contributed by atoms with Crippen molar-refractivity contribution >= 4 is 0 Å². The van der Waals surface area contributed by atoms with Crippen LogP contribution in [0.15, 0.2) is 0 Å². The molecule has 0 spiro atoms. The zero-order valence-electron chi connectivity index (χ0n) is 6.97. The summed E-state index contributed by atoms with van der Waals surface area (Å²) in [6.45, 7) is 4.83. The molecule has 0 amide bonds. The van der Waals surface area contributed by atoms with Gasteiger partial charge in [-0.2, -0.15) is 0 Å². The fourth-order valence-electron chi connectivity index (χ4n) is 0.694. The van der Waals surface area contributed by atoms with Crippen molar-refractivity contribution in [3.05, 3.63) is 0 Å². The molecule has 0 saturated heterocycles. The third-order valence-corrected chi connectivity index (χ3v) is 1.34. The van der Waals surface area contributed by atoms with E-state index >= 15 is 0 Å². The van der Waals surface area contributed by atoms with Crippen molar-refractivity contribution in [1.29, 1.82) is 0 Å². The molecule has 0 saturated carbocycles. The molecule has 2 nitrogen and oxygen atoms in total. The number of unbranched alkanes of at least 4 members (excludes halogenated alkanes) is 1. The third-order valence-electron chi connectivity index (χ3n) is 1.34. The predicted molar refractivity (Wildman–Crippen MR) is 41.8 cm³/mol. The van der Waals surface area contributed by atoms with E-state index in [4.69, 9.17) is 9.84 Å². The van der Waals surface area contributed by atoms with Crippen LogP contribution in [0, 0.1) is 0 Å². The van der Waals surface area contributed by atoms with Gasteiger partial charge in [0, 0.05) is 6.61 Å². The van der Waals surface area contributed by atoms with Gasteiger partial charge in [-0.3, -0.25) is 0 Å². The molecular formula is C8H18O2. The molecule has 0 rings (SSSR count). The first kappa shape index (κ1) is 9.92. The Hall–Kier alpha value is -0.0800. The molecule has 0 fully saturated rings. The van der Waals surface area contributed by atoms with E-state index in [1.54, 1.807) is 0 Å². The molecule has 0 aliphatic heterocycles. The topological polar surface area (TPSA) is 29.5 Å². The summed E-state index contributed by atoms with van der Waals surface area (Å²) in [6, 6.07) is 0. The van der Waals surface area contributed by atoms with Crippen LogP contribution in [0.25, 0.3) is 0 Å². The first-order chi connectivity index (χ1) is 4.81. The van der Waals surface area contributed by atoms with Crippen molar-refractivity contribution in [1.82, 2.24) is 0 Å². The van der Waals surface area contributed by atoms with E-state index in [1.165, 1.54) is 0 Å². The van der Waals surface area contributed by atoms with E-state index in [9.17, 15) is 0 Å². The lowest BCUT2D eigenvalue weighted by molar-refractivity contribution is -0.104. The minimum Gasteiger partial charge on any atom is -0.368 e. The molecule has 0 aromatic carbocycles. The molecule has 0 aliphatic carbocycles. The summed E-state index contributed by atoms with van der Waals surface area (Å²) in [7, 11) is 0. The highest BCUT2D eigenvalue weighted by Gasteiger charge is 1.99. The van der Waals surface area contributed by atoms with Crippen molar-refractivity contribution in [3.63, 3.8) is 0 Å². The molecule has 10 heavy (non-hydrogen) atoms. The zero-order chi connectivity index (χ0) is 7.82. The maximum Gasteiger partial charge on any atom is 0.154 e. The minimum atomic E-state index is -0.531. The van der Waals surface area contributed by atoms with Crippen molar-refractivity contribution in [2.24, 2.45) is 0 Å². The molecule has 62 valence electrons. The monoisotopic (exact) mass is 146 g/mol. The Kier molecular flexibility index (Phi) is 6.98. The summed E-state index contributed by atoms with van der Waals surface area (Å²) in [5.41, 5.74) is 0. The molecule has 0 bridgehead atoms. The van der Waals surface area contributed by atoms with Gasteiger partial charge in [0.25, 0.3) is 0 Å². The van der Waals surface area contributed by atoms with Crippen LogP contribution in [0.3, 0.4) is 0 Å². The van der Waals surface area contributed by atoms with E-state index in [2.05, 4.69) is 6.92 Å². The molecule has 0 heterocycles. The van der Waals surface area contributed by atoms with Crippen LogP contribution in [0.1, 0.15) is 39.5 Å². The Labute approximate surface area is 63.2 Å². The number of hydrogen-bond acceptors (Lipinski definition) is 2. The number of aliphatic hydroxyl groups is 1. The van der Waals surface area contributed by atoms with Gasteiger partial charge in [-0.05, 0) is 12.8 Å². The quantitative estimate of drug-likeness (QED) is 0.458. The van der Waals surface area contributed by atoms with Gasteiger partial charge < -0.3 is 9.84 Å². The lowest BCUT2D eigenvalue weighted by Crippen LogP contribution is -2.11. The third kappa shape index (κ3) is 6.05. The van der Waals surface area contributed by atoms with Gasteiger partial charge in [-0.25, -0.2) is 0 Å². The standard InChI is InChI=1S/C8H18O2/c1-3-5-7-10-8(9)6-4-2/h8-9H,3-7H2,1-2H3. The first-order valence-electron chi connectivity index (χ1n) is 4.11. The molecule has 0 aliphatic rings. The van der Waals surface area contributed by atoms with Crippen LogP contribution >= 0.6 is 0 Å². The molecule has 1 N–H and O–H groups in total. The molecular weight excluding hydrogens is 128 g/mol. The molecule has 1 atom stereocenters. The highest BCUT2D eigenvalue weighted by molar-refractivity contribution is 4.39. The molecule has 2 heteroatoms. The van der Waals surface area contributed by atoms with Crippen LogP contribution in [0.5, 0.6) is 0 Å². The van der Waals surface area contributed by atoms with Crippen LogP contribution in [-0.4, -0.2) is 18.0 Å². The smallest absolute Gasteiger partial charge is 0.154 e. The number of aliphatic hydroxyl groups excluding tert-OH is 1. The van der Waals surface area contributed by atoms with E-state index < -0.39 is 6.29 Å². The van der Waals surface area contributed by atoms with Gasteiger partial charge in [0.15, 0.2) is 6.29 Å². The zero-order valence-corrected chi connectivity index (χ0v) is 6.97. The van der Waals surface area contributed by atoms with E-state index in [-0.39, 0.29) is 0 Å². The van der Waals surface area contributed by atoms with E-state index in [1.807, 2.05) is 6.92 Å². The number of hydrogen-bond donors (Lipinski definition) is 1. The maximum absolute atomic E-state index is 9.05. The van der Waals surface area contributed by atoms with Crippen molar-refractivity contribution < 1.29 is 9.84 Å². The second-order valence-corrected chi connectivity index (χ2v) is 2.47. The number of rotatable bonds is 6. The summed E-state index contributed by atoms with van der Waals surface area (Å²) in [4.78, 5) is 0. The van der Waals surface area contributed by atoms with Gasteiger partial charge in [0.05, 0.1) is 0 Å². The second-order valence-electron chi connectivity index (χ2n) is 2.47. The number of ether oxygens (including phenoxy) is 1. The Bertz CT molecular complexity index is 64.3. The summed E-state index contributed by atoms with van der Waals surface area (Å²) >= 11 is 0. The van der Waals surface area contributed by atoms with Gasteiger partial charge >= 0.3 is 0 Å². The van der Waals surface area contributed by atoms with Crippen molar-refractivity contribution in [2.45, 2.75) is 45.8 Å². The molecule has 0 aromatic rings. The Morgan fingerprint density at radius 1 is 1.30 bits per heavy atom. The fourth-order valence-corrected chi connectivity index (χ4v) is 0.694. The Morgan fingerprint density at radius 3 is 2.50 bits per heavy atom. The SMILES string of the molecule is CCCCOC(O)CCC. The molecule has 0 aromatic heterocycles. The van der Waals surface area contributed by atoms with Gasteiger partial charge in [-0.15, -0.1) is 0 Å². The van der Waals surface area contributed by atoms with Gasteiger partial charge in [0.1, 0.15) is 0 Å². The van der Waals surface area contributed by atoms with Crippen LogP contribution in [0.2, 0.25) is 0 Å². The second kappa shape index (κ2) is 7.03. The molecule has 0 radical (unpaired) electrons. The summed E-state index contributed by atoms with van der Waals surface area (Å²) in [5, 5.41) is 9.05. The predicted octanol–water partition coefficient (Wildman–Crippen LogP) is 1.92. The van der Waals surface area contributed by atoms with E-state index in [0.29, 0.717) is 6.61 Å². The average Bonchev–Trinajstić information content (AvgIpc) is 1.89. The first-order valence-corrected chi connectivity index (χ1v) is 4.11. The van der Waals surface area contributed by atoms with Gasteiger partial charge in [0.2, 0.25) is 0 Å². The largest absolute Gasteiger partial charge is 0.368 e. The minimum absolute atomic E-state index is 0.531. The van der Waals surface area contributed by atoms with Crippen molar-refractivity contribution in [3.8, 4) is 0 Å². The maximum atomic E-state index is 9.05. The summed E-state index contributed by atoms with van der Waals surface area (Å²) in [6.07, 6.45) is 3.37. The summed E-state index contributed by atoms with van der Waals surface area (Å²) in [5.74, 6) is 0. The normalized spacial score (nSPS) is 13.5. The van der Waals surface area contributed by atoms with Crippen molar-refractivity contribution in [2.75, 3.05) is 6.61 Å². The van der Waals surface area contributed by atoms with Crippen LogP contribution in [0.4, 0.5) is 0 Å². The lowest BCUT2D eigenvalue weighted by Gasteiger charge is -2.09.